The van der Waals surface area contributed by atoms with E-state index in [1.165, 1.54) is 0 Å². The first-order valence-electron chi connectivity index (χ1n) is 8.07. The van der Waals surface area contributed by atoms with E-state index >= 15 is 0 Å². The summed E-state index contributed by atoms with van der Waals surface area (Å²) >= 11 is 17.5. The molecule has 0 saturated carbocycles. The minimum absolute atomic E-state index is 0.452. The van der Waals surface area contributed by atoms with Gasteiger partial charge in [-0.25, -0.2) is 0 Å². The number of aromatic nitrogens is 4. The first-order valence-corrected chi connectivity index (χ1v) is 9.23. The van der Waals surface area contributed by atoms with E-state index in [1.54, 1.807) is 10.9 Å². The third kappa shape index (κ3) is 4.97. The molecule has 2 N–H and O–H groups in total. The van der Waals surface area contributed by atoms with Crippen LogP contribution in [-0.2, 0) is 19.6 Å². The molecule has 0 aliphatic rings. The second kappa shape index (κ2) is 8.53. The van der Waals surface area contributed by atoms with Crippen molar-refractivity contribution in [3.63, 3.8) is 0 Å². The van der Waals surface area contributed by atoms with Gasteiger partial charge in [-0.3, -0.25) is 9.36 Å². The van der Waals surface area contributed by atoms with Gasteiger partial charge in [-0.2, -0.15) is 10.2 Å². The molecule has 0 amide bonds. The van der Waals surface area contributed by atoms with Crippen molar-refractivity contribution < 1.29 is 0 Å². The standard InChI is InChI=1S/C17H18Cl2N6S/c1-2-24-10-13(8-21-24)7-20-17(26)22-16-15(19)11-25(23-16)9-12-3-5-14(18)6-4-12/h3-6,8,10-11H,2,7,9H2,1H3,(H2,20,22,23,26). The maximum Gasteiger partial charge on any atom is 0.173 e. The Kier molecular flexibility index (Phi) is 6.13. The van der Waals surface area contributed by atoms with Gasteiger partial charge in [0.15, 0.2) is 10.9 Å². The topological polar surface area (TPSA) is 59.7 Å². The van der Waals surface area contributed by atoms with Crippen molar-refractivity contribution >= 4 is 46.4 Å². The van der Waals surface area contributed by atoms with Gasteiger partial charge in [0.1, 0.15) is 5.02 Å². The summed E-state index contributed by atoms with van der Waals surface area (Å²) < 4.78 is 3.62. The van der Waals surface area contributed by atoms with Crippen molar-refractivity contribution in [2.75, 3.05) is 5.32 Å². The van der Waals surface area contributed by atoms with Crippen LogP contribution < -0.4 is 10.6 Å². The molecule has 2 heterocycles. The summed E-state index contributed by atoms with van der Waals surface area (Å²) in [7, 11) is 0. The highest BCUT2D eigenvalue weighted by molar-refractivity contribution is 7.80. The smallest absolute Gasteiger partial charge is 0.173 e. The minimum Gasteiger partial charge on any atom is -0.358 e. The number of anilines is 1. The number of hydrogen-bond donors (Lipinski definition) is 2. The number of nitrogens with zero attached hydrogens (tertiary/aromatic N) is 4. The Morgan fingerprint density at radius 3 is 2.58 bits per heavy atom. The summed E-state index contributed by atoms with van der Waals surface area (Å²) in [4.78, 5) is 0. The molecule has 6 nitrogen and oxygen atoms in total. The molecule has 0 atom stereocenters. The van der Waals surface area contributed by atoms with Gasteiger partial charge in [0.2, 0.25) is 0 Å². The first-order chi connectivity index (χ1) is 12.5. The molecule has 0 saturated heterocycles. The van der Waals surface area contributed by atoms with Crippen LogP contribution >= 0.6 is 35.4 Å². The lowest BCUT2D eigenvalue weighted by molar-refractivity contribution is 0.659. The van der Waals surface area contributed by atoms with Crippen LogP contribution in [0.3, 0.4) is 0 Å². The van der Waals surface area contributed by atoms with E-state index in [0.29, 0.717) is 34.1 Å². The highest BCUT2D eigenvalue weighted by atomic mass is 35.5. The summed E-state index contributed by atoms with van der Waals surface area (Å²) in [6.45, 7) is 4.05. The molecule has 0 aliphatic carbocycles. The fourth-order valence-corrected chi connectivity index (χ4v) is 2.84. The van der Waals surface area contributed by atoms with Crippen molar-refractivity contribution in [2.24, 2.45) is 0 Å². The van der Waals surface area contributed by atoms with Crippen LogP contribution in [0, 0.1) is 0 Å². The number of thiocarbonyl (C=S) groups is 1. The number of aryl methyl sites for hydroxylation is 1. The zero-order valence-corrected chi connectivity index (χ0v) is 16.4. The maximum atomic E-state index is 6.25. The average Bonchev–Trinajstić information content (AvgIpc) is 3.22. The van der Waals surface area contributed by atoms with E-state index in [1.807, 2.05) is 48.3 Å². The van der Waals surface area contributed by atoms with Crippen LogP contribution in [0.15, 0.2) is 42.9 Å². The largest absolute Gasteiger partial charge is 0.358 e. The van der Waals surface area contributed by atoms with Crippen LogP contribution in [0.4, 0.5) is 5.82 Å². The van der Waals surface area contributed by atoms with Crippen LogP contribution in [0.2, 0.25) is 10.0 Å². The van der Waals surface area contributed by atoms with Gasteiger partial charge < -0.3 is 10.6 Å². The SMILES string of the molecule is CCn1cc(CNC(=S)Nc2nn(Cc3ccc(Cl)cc3)cc2Cl)cn1. The fourth-order valence-electron chi connectivity index (χ4n) is 2.34. The van der Waals surface area contributed by atoms with E-state index in [9.17, 15) is 0 Å². The number of halogens is 2. The van der Waals surface area contributed by atoms with Crippen LogP contribution in [0.25, 0.3) is 0 Å². The summed E-state index contributed by atoms with van der Waals surface area (Å²) in [6.07, 6.45) is 5.54. The molecule has 0 aliphatic heterocycles. The molecule has 136 valence electrons. The highest BCUT2D eigenvalue weighted by Crippen LogP contribution is 2.20. The van der Waals surface area contributed by atoms with E-state index in [2.05, 4.69) is 20.8 Å². The Balaban J connectivity index is 1.56. The summed E-state index contributed by atoms with van der Waals surface area (Å²) in [5, 5.41) is 16.5. The second-order valence-electron chi connectivity index (χ2n) is 5.66. The van der Waals surface area contributed by atoms with Gasteiger partial charge in [0.25, 0.3) is 0 Å². The minimum atomic E-state index is 0.452. The Morgan fingerprint density at radius 1 is 1.12 bits per heavy atom. The number of rotatable bonds is 6. The number of hydrogen-bond acceptors (Lipinski definition) is 3. The molecule has 2 aromatic heterocycles. The summed E-state index contributed by atoms with van der Waals surface area (Å²) in [5.74, 6) is 0.516. The van der Waals surface area contributed by atoms with Crippen molar-refractivity contribution in [1.29, 1.82) is 0 Å². The number of nitrogens with one attached hydrogen (secondary N) is 2. The lowest BCUT2D eigenvalue weighted by Crippen LogP contribution is -2.28. The fraction of sp³-hybridized carbons (Fsp3) is 0.235. The Morgan fingerprint density at radius 2 is 1.88 bits per heavy atom. The summed E-state index contributed by atoms with van der Waals surface area (Å²) in [5.41, 5.74) is 2.13. The monoisotopic (exact) mass is 408 g/mol. The first kappa shape index (κ1) is 18.7. The zero-order chi connectivity index (χ0) is 18.5. The van der Waals surface area contributed by atoms with Crippen LogP contribution in [0.5, 0.6) is 0 Å². The number of benzene rings is 1. The van der Waals surface area contributed by atoms with Crippen molar-refractivity contribution in [2.45, 2.75) is 26.6 Å². The van der Waals surface area contributed by atoms with E-state index in [4.69, 9.17) is 35.4 Å². The molecule has 0 unspecified atom stereocenters. The molecule has 0 bridgehead atoms. The lowest BCUT2D eigenvalue weighted by Gasteiger charge is -2.07. The van der Waals surface area contributed by atoms with Gasteiger partial charge in [0, 0.05) is 36.1 Å². The third-order valence-electron chi connectivity index (χ3n) is 3.67. The third-order valence-corrected chi connectivity index (χ3v) is 4.45. The normalized spacial score (nSPS) is 10.7. The maximum absolute atomic E-state index is 6.25. The van der Waals surface area contributed by atoms with Crippen molar-refractivity contribution in [3.05, 3.63) is 64.0 Å². The molecular formula is C17H18Cl2N6S. The van der Waals surface area contributed by atoms with Gasteiger partial charge in [-0.1, -0.05) is 35.3 Å². The molecule has 0 spiro atoms. The average molecular weight is 409 g/mol. The van der Waals surface area contributed by atoms with E-state index in [0.717, 1.165) is 17.7 Å². The molecule has 9 heteroatoms. The molecule has 1 aromatic carbocycles. The lowest BCUT2D eigenvalue weighted by atomic mass is 10.2. The van der Waals surface area contributed by atoms with Gasteiger partial charge >= 0.3 is 0 Å². The molecule has 3 rings (SSSR count). The van der Waals surface area contributed by atoms with E-state index in [-0.39, 0.29) is 0 Å². The predicted molar refractivity (Wildman–Crippen MR) is 109 cm³/mol. The quantitative estimate of drug-likeness (QED) is 0.604. The Hall–Kier alpha value is -2.09. The summed E-state index contributed by atoms with van der Waals surface area (Å²) in [6, 6.07) is 7.60. The van der Waals surface area contributed by atoms with Gasteiger partial charge in [0.05, 0.1) is 12.7 Å². The second-order valence-corrected chi connectivity index (χ2v) is 6.91. The Labute approximate surface area is 167 Å². The predicted octanol–water partition coefficient (Wildman–Crippen LogP) is 3.94. The van der Waals surface area contributed by atoms with E-state index < -0.39 is 0 Å². The van der Waals surface area contributed by atoms with Gasteiger partial charge in [-0.15, -0.1) is 0 Å². The molecule has 26 heavy (non-hydrogen) atoms. The van der Waals surface area contributed by atoms with Gasteiger partial charge in [-0.05, 0) is 36.8 Å². The van der Waals surface area contributed by atoms with Crippen molar-refractivity contribution in [3.8, 4) is 0 Å². The highest BCUT2D eigenvalue weighted by Gasteiger charge is 2.09. The van der Waals surface area contributed by atoms with Crippen LogP contribution in [0.1, 0.15) is 18.1 Å². The molecule has 0 fully saturated rings. The Bertz CT molecular complexity index is 887. The van der Waals surface area contributed by atoms with Crippen molar-refractivity contribution in [1.82, 2.24) is 24.9 Å². The van der Waals surface area contributed by atoms with Crippen LogP contribution in [-0.4, -0.2) is 24.7 Å². The zero-order valence-electron chi connectivity index (χ0n) is 14.1. The molecule has 3 aromatic rings. The molecule has 0 radical (unpaired) electrons. The molecular weight excluding hydrogens is 391 g/mol.